The van der Waals surface area contributed by atoms with Gasteiger partial charge in [-0.1, -0.05) is 57.9 Å². The fourth-order valence-electron chi connectivity index (χ4n) is 12.8. The van der Waals surface area contributed by atoms with Crippen molar-refractivity contribution in [1.29, 1.82) is 0 Å². The fourth-order valence-corrected chi connectivity index (χ4v) is 13.9. The molecule has 7 rings (SSSR count). The molecule has 1 aliphatic heterocycles. The second-order valence-electron chi connectivity index (χ2n) is 17.9. The van der Waals surface area contributed by atoms with E-state index in [1.54, 1.807) is 12.1 Å². The maximum Gasteiger partial charge on any atom is 0.335 e. The zero-order valence-corrected chi connectivity index (χ0v) is 31.7. The van der Waals surface area contributed by atoms with Crippen LogP contribution in [0, 0.1) is 45.8 Å². The number of aromatic carboxylic acids is 1. The summed E-state index contributed by atoms with van der Waals surface area (Å²) in [5.41, 5.74) is 5.32. The summed E-state index contributed by atoms with van der Waals surface area (Å²) in [5.74, 6) is 4.82. The molecule has 48 heavy (non-hydrogen) atoms. The first-order valence-electron chi connectivity index (χ1n) is 19.2. The van der Waals surface area contributed by atoms with Gasteiger partial charge in [-0.2, -0.15) is 0 Å². The molecule has 6 aliphatic rings. The Morgan fingerprint density at radius 2 is 1.60 bits per heavy atom. The lowest BCUT2D eigenvalue weighted by Gasteiger charge is -2.68. The highest BCUT2D eigenvalue weighted by Gasteiger charge is 2.65. The third-order valence-corrected chi connectivity index (χ3v) is 16.0. The van der Waals surface area contributed by atoms with Gasteiger partial charge in [-0.25, -0.2) is 4.79 Å². The van der Waals surface area contributed by atoms with Gasteiger partial charge in [0.2, 0.25) is 0 Å². The number of hydrogen-bond acceptors (Lipinski definition) is 4. The molecule has 1 aromatic rings. The molecule has 0 aromatic heterocycles. The van der Waals surface area contributed by atoms with Gasteiger partial charge in [0.25, 0.3) is 0 Å². The Bertz CT molecular complexity index is 1400. The Morgan fingerprint density at radius 1 is 0.917 bits per heavy atom. The van der Waals surface area contributed by atoms with Gasteiger partial charge < -0.3 is 15.3 Å². The van der Waals surface area contributed by atoms with Crippen molar-refractivity contribution >= 4 is 22.3 Å². The van der Waals surface area contributed by atoms with Crippen LogP contribution in [0.1, 0.15) is 122 Å². The van der Waals surface area contributed by atoms with Gasteiger partial charge >= 0.3 is 5.97 Å². The van der Waals surface area contributed by atoms with Crippen molar-refractivity contribution in [3.63, 3.8) is 0 Å². The summed E-state index contributed by atoms with van der Waals surface area (Å²) in [6.07, 6.45) is 16.1. The maximum absolute atomic E-state index is 11.8. The molecule has 0 bridgehead atoms. The zero-order valence-electron chi connectivity index (χ0n) is 30.9. The molecular formula is C42H64N2O3S. The predicted octanol–water partition coefficient (Wildman–Crippen LogP) is 8.83. The standard InChI is InChI=1S/C38H56N2O3S.C4H8/c1-35(2)29(26-7-9-27(10-8-26)34(41)42)13-17-37(4)32(35)15-18-36(3)30-14-19-38(39-20-21-40-22-24-44(43)25-23-40)16-5-6-31(38)28(30)11-12-33(36)37;1-4(2)3/h7-10,13,28,30-33,39H,5-6,11-12,14-25H2,1-4H3,(H,41,42);1H2,2-3H3. The largest absolute Gasteiger partial charge is 0.478 e. The van der Waals surface area contributed by atoms with E-state index in [4.69, 9.17) is 0 Å². The highest BCUT2D eigenvalue weighted by molar-refractivity contribution is 7.85. The minimum atomic E-state index is -0.853. The van der Waals surface area contributed by atoms with Gasteiger partial charge in [-0.15, -0.1) is 6.58 Å². The molecule has 1 heterocycles. The maximum atomic E-state index is 11.8. The molecule has 8 atom stereocenters. The van der Waals surface area contributed by atoms with E-state index in [1.165, 1.54) is 74.5 Å². The summed E-state index contributed by atoms with van der Waals surface area (Å²) in [5, 5.41) is 13.6. The average molecular weight is 677 g/mol. The lowest BCUT2D eigenvalue weighted by molar-refractivity contribution is -0.172. The number of carbonyl (C=O) groups is 1. The summed E-state index contributed by atoms with van der Waals surface area (Å²) < 4.78 is 11.8. The van der Waals surface area contributed by atoms with Crippen LogP contribution < -0.4 is 5.32 Å². The molecule has 4 saturated carbocycles. The molecule has 6 heteroatoms. The number of fused-ring (bicyclic) bond motifs is 7. The van der Waals surface area contributed by atoms with Gasteiger partial charge in [0, 0.05) is 54.0 Å². The molecule has 1 aromatic carbocycles. The first-order valence-corrected chi connectivity index (χ1v) is 20.7. The average Bonchev–Trinajstić information content (AvgIpc) is 3.46. The molecule has 1 saturated heterocycles. The van der Waals surface area contributed by atoms with Crippen LogP contribution in [0.3, 0.4) is 0 Å². The van der Waals surface area contributed by atoms with Crippen molar-refractivity contribution in [1.82, 2.24) is 10.2 Å². The van der Waals surface area contributed by atoms with Crippen LogP contribution >= 0.6 is 0 Å². The lowest BCUT2D eigenvalue weighted by Crippen LogP contribution is -2.63. The van der Waals surface area contributed by atoms with Crippen LogP contribution in [0.2, 0.25) is 0 Å². The van der Waals surface area contributed by atoms with E-state index < -0.39 is 16.8 Å². The van der Waals surface area contributed by atoms with Gasteiger partial charge in [0.1, 0.15) is 0 Å². The summed E-state index contributed by atoms with van der Waals surface area (Å²) in [4.78, 5) is 14.0. The number of nitrogens with one attached hydrogen (secondary N) is 1. The van der Waals surface area contributed by atoms with Crippen LogP contribution in [0.25, 0.3) is 5.57 Å². The zero-order chi connectivity index (χ0) is 34.5. The van der Waals surface area contributed by atoms with Gasteiger partial charge in [0.05, 0.1) is 5.56 Å². The highest BCUT2D eigenvalue weighted by Crippen LogP contribution is 2.72. The van der Waals surface area contributed by atoms with Crippen molar-refractivity contribution in [2.24, 2.45) is 45.8 Å². The number of carboxylic acid groups (broad SMARTS) is 1. The molecular weight excluding hydrogens is 613 g/mol. The van der Waals surface area contributed by atoms with Gasteiger partial charge in [-0.3, -0.25) is 4.21 Å². The second kappa shape index (κ2) is 13.8. The molecule has 5 fully saturated rings. The number of nitrogens with zero attached hydrogens (tertiary/aromatic N) is 1. The van der Waals surface area contributed by atoms with E-state index in [-0.39, 0.29) is 5.41 Å². The quantitative estimate of drug-likeness (QED) is 0.295. The van der Waals surface area contributed by atoms with Crippen molar-refractivity contribution in [2.45, 2.75) is 111 Å². The smallest absolute Gasteiger partial charge is 0.335 e. The number of hydrogen-bond donors (Lipinski definition) is 2. The van der Waals surface area contributed by atoms with Crippen LogP contribution in [0.5, 0.6) is 0 Å². The highest BCUT2D eigenvalue weighted by atomic mass is 32.2. The first-order chi connectivity index (χ1) is 22.7. The SMILES string of the molecule is C=C(C)C.CC1(C)C(c2ccc(C(=O)O)cc2)=CCC2(C)C1CCC1(C)C3CCC4(NCCN5CCS(=O)CC5)CCCC4C3CCC12. The Hall–Kier alpha value is -1.76. The van der Waals surface area contributed by atoms with Crippen molar-refractivity contribution in [3.05, 3.63) is 53.6 Å². The van der Waals surface area contributed by atoms with Crippen LogP contribution in [0.15, 0.2) is 42.5 Å². The molecule has 2 N–H and O–H groups in total. The monoisotopic (exact) mass is 676 g/mol. The Balaban J connectivity index is 0.000000952. The molecule has 0 amide bonds. The third kappa shape index (κ3) is 6.45. The minimum Gasteiger partial charge on any atom is -0.478 e. The van der Waals surface area contributed by atoms with E-state index in [2.05, 4.69) is 50.6 Å². The lowest BCUT2D eigenvalue weighted by atomic mass is 9.37. The van der Waals surface area contributed by atoms with Crippen LogP contribution in [0.4, 0.5) is 0 Å². The van der Waals surface area contributed by atoms with Crippen molar-refractivity contribution < 1.29 is 14.1 Å². The van der Waals surface area contributed by atoms with E-state index in [9.17, 15) is 14.1 Å². The molecule has 5 nitrogen and oxygen atoms in total. The molecule has 8 unspecified atom stereocenters. The minimum absolute atomic E-state index is 0.0659. The second-order valence-corrected chi connectivity index (χ2v) is 19.6. The molecule has 0 radical (unpaired) electrons. The van der Waals surface area contributed by atoms with Crippen molar-refractivity contribution in [3.8, 4) is 0 Å². The number of carboxylic acids is 1. The molecule has 0 spiro atoms. The Kier molecular flexibility index (Phi) is 10.3. The van der Waals surface area contributed by atoms with Gasteiger partial charge in [0.15, 0.2) is 0 Å². The first kappa shape index (κ1) is 36.0. The summed E-state index contributed by atoms with van der Waals surface area (Å²) >= 11 is 0. The van der Waals surface area contributed by atoms with Crippen LogP contribution in [-0.4, -0.2) is 63.4 Å². The van der Waals surface area contributed by atoms with Crippen molar-refractivity contribution in [2.75, 3.05) is 37.7 Å². The summed E-state index contributed by atoms with van der Waals surface area (Å²) in [7, 11) is -0.595. The van der Waals surface area contributed by atoms with E-state index in [0.29, 0.717) is 27.9 Å². The predicted molar refractivity (Wildman–Crippen MR) is 201 cm³/mol. The van der Waals surface area contributed by atoms with E-state index >= 15 is 0 Å². The summed E-state index contributed by atoms with van der Waals surface area (Å²) in [6.45, 7) is 22.0. The van der Waals surface area contributed by atoms with Gasteiger partial charge in [-0.05, 0) is 141 Å². The number of allylic oxidation sites excluding steroid dienone is 3. The van der Waals surface area contributed by atoms with Crippen LogP contribution in [-0.2, 0) is 10.8 Å². The normalized spacial score (nSPS) is 39.0. The molecule has 266 valence electrons. The Morgan fingerprint density at radius 3 is 2.27 bits per heavy atom. The molecule has 5 aliphatic carbocycles. The van der Waals surface area contributed by atoms with E-state index in [1.807, 2.05) is 26.0 Å². The fraction of sp³-hybridized carbons (Fsp3) is 0.738. The number of rotatable bonds is 6. The topological polar surface area (TPSA) is 69.6 Å². The summed E-state index contributed by atoms with van der Waals surface area (Å²) in [6, 6.07) is 7.63. The van der Waals surface area contributed by atoms with E-state index in [0.717, 1.165) is 67.8 Å². The number of benzene rings is 1. The Labute approximate surface area is 294 Å². The third-order valence-electron chi connectivity index (χ3n) is 14.7.